The summed E-state index contributed by atoms with van der Waals surface area (Å²) in [5, 5.41) is 5.78. The maximum atomic E-state index is 12.3. The summed E-state index contributed by atoms with van der Waals surface area (Å²) < 4.78 is 27.8. The molecule has 142 valence electrons. The second kappa shape index (κ2) is 8.58. The molecule has 2 N–H and O–H groups in total. The van der Waals surface area contributed by atoms with Gasteiger partial charge in [-0.1, -0.05) is 30.3 Å². The van der Waals surface area contributed by atoms with Crippen LogP contribution in [0.15, 0.2) is 68.8 Å². The van der Waals surface area contributed by atoms with Crippen molar-refractivity contribution in [3.8, 4) is 0 Å². The van der Waals surface area contributed by atoms with Crippen LogP contribution in [0.1, 0.15) is 18.9 Å². The quantitative estimate of drug-likeness (QED) is 0.548. The Morgan fingerprint density at radius 2 is 1.81 bits per heavy atom. The maximum absolute atomic E-state index is 12.3. The van der Waals surface area contributed by atoms with Crippen molar-refractivity contribution in [1.82, 2.24) is 10.6 Å². The minimum absolute atomic E-state index is 0.165. The Morgan fingerprint density at radius 3 is 2.59 bits per heavy atom. The fourth-order valence-corrected chi connectivity index (χ4v) is 4.68. The fraction of sp³-hybridized carbons (Fsp3) is 0.263. The molecule has 1 amide bonds. The predicted octanol–water partition coefficient (Wildman–Crippen LogP) is 2.41. The highest BCUT2D eigenvalue weighted by Gasteiger charge is 2.29. The van der Waals surface area contributed by atoms with Gasteiger partial charge in [-0.15, -0.1) is 16.2 Å². The van der Waals surface area contributed by atoms with Gasteiger partial charge in [-0.25, -0.2) is 0 Å². The second-order valence-corrected chi connectivity index (χ2v) is 8.82. The highest BCUT2D eigenvalue weighted by atomic mass is 32.2. The smallest absolute Gasteiger partial charge is 0.285 e. The van der Waals surface area contributed by atoms with E-state index in [-0.39, 0.29) is 16.6 Å². The number of amidine groups is 1. The third-order valence-electron chi connectivity index (χ3n) is 4.01. The average Bonchev–Trinajstić information content (AvgIpc) is 2.92. The number of amides is 1. The first kappa shape index (κ1) is 19.4. The van der Waals surface area contributed by atoms with Crippen molar-refractivity contribution in [2.24, 2.45) is 4.40 Å². The van der Waals surface area contributed by atoms with Gasteiger partial charge in [-0.2, -0.15) is 8.42 Å². The van der Waals surface area contributed by atoms with Crippen molar-refractivity contribution in [2.75, 3.05) is 12.3 Å². The first-order valence-electron chi connectivity index (χ1n) is 8.64. The maximum Gasteiger partial charge on any atom is 0.285 e. The molecule has 2 aromatic rings. The Morgan fingerprint density at radius 1 is 1.11 bits per heavy atom. The van der Waals surface area contributed by atoms with Crippen molar-refractivity contribution in [3.63, 3.8) is 0 Å². The molecule has 8 heteroatoms. The molecule has 0 saturated heterocycles. The Hall–Kier alpha value is -2.32. The first-order chi connectivity index (χ1) is 13.0. The van der Waals surface area contributed by atoms with E-state index in [0.29, 0.717) is 12.1 Å². The Balaban J connectivity index is 1.46. The van der Waals surface area contributed by atoms with Gasteiger partial charge in [0, 0.05) is 17.0 Å². The lowest BCUT2D eigenvalue weighted by Gasteiger charge is -2.15. The largest absolute Gasteiger partial charge is 0.357 e. The highest BCUT2D eigenvalue weighted by Crippen LogP contribution is 2.25. The molecular weight excluding hydrogens is 382 g/mol. The standard InChI is InChI=1S/C19H21N3O3S2/c1-14(19(23)20-12-7-13-26-15-8-3-2-4-9-15)21-18-16-10-5-6-11-17(16)27(24,25)22-18/h2-6,8-11,14H,7,12-13H2,1H3,(H,20,23)(H,21,22)/t14-/m1/s1. The Kier molecular flexibility index (Phi) is 6.18. The van der Waals surface area contributed by atoms with Crippen LogP contribution in [0.3, 0.4) is 0 Å². The summed E-state index contributed by atoms with van der Waals surface area (Å²) in [5.41, 5.74) is 0.497. The van der Waals surface area contributed by atoms with Crippen LogP contribution in [0.5, 0.6) is 0 Å². The van der Waals surface area contributed by atoms with Crippen LogP contribution < -0.4 is 10.6 Å². The number of nitrogens with zero attached hydrogens (tertiary/aromatic N) is 1. The van der Waals surface area contributed by atoms with E-state index in [2.05, 4.69) is 27.2 Å². The van der Waals surface area contributed by atoms with Crippen LogP contribution >= 0.6 is 11.8 Å². The van der Waals surface area contributed by atoms with Crippen LogP contribution in [0.2, 0.25) is 0 Å². The Bertz CT molecular complexity index is 944. The minimum atomic E-state index is -3.69. The molecule has 3 rings (SSSR count). The second-order valence-electron chi connectivity index (χ2n) is 6.08. The normalized spacial score (nSPS) is 15.5. The predicted molar refractivity (Wildman–Crippen MR) is 108 cm³/mol. The number of hydrogen-bond donors (Lipinski definition) is 2. The third-order valence-corrected chi connectivity index (χ3v) is 6.44. The summed E-state index contributed by atoms with van der Waals surface area (Å²) in [5.74, 6) is 0.932. The van der Waals surface area contributed by atoms with Gasteiger partial charge in [0.05, 0.1) is 0 Å². The Labute approximate surface area is 163 Å². The molecule has 0 aliphatic carbocycles. The summed E-state index contributed by atoms with van der Waals surface area (Å²) >= 11 is 1.75. The van der Waals surface area contributed by atoms with Crippen molar-refractivity contribution in [3.05, 3.63) is 60.2 Å². The molecule has 1 atom stereocenters. The molecule has 0 fully saturated rings. The van der Waals surface area contributed by atoms with Crippen LogP contribution in [0, 0.1) is 0 Å². The molecule has 0 radical (unpaired) electrons. The third kappa shape index (κ3) is 4.90. The molecule has 6 nitrogen and oxygen atoms in total. The van der Waals surface area contributed by atoms with Gasteiger partial charge in [-0.05, 0) is 43.4 Å². The van der Waals surface area contributed by atoms with Crippen LogP contribution in [-0.2, 0) is 14.8 Å². The lowest BCUT2D eigenvalue weighted by molar-refractivity contribution is -0.122. The van der Waals surface area contributed by atoms with Gasteiger partial charge in [0.1, 0.15) is 16.8 Å². The molecule has 1 heterocycles. The van der Waals surface area contributed by atoms with Gasteiger partial charge >= 0.3 is 0 Å². The van der Waals surface area contributed by atoms with Crippen LogP contribution in [0.4, 0.5) is 0 Å². The molecule has 2 aromatic carbocycles. The number of nitrogens with one attached hydrogen (secondary N) is 2. The average molecular weight is 404 g/mol. The number of carbonyl (C=O) groups is 1. The van der Waals surface area contributed by atoms with E-state index in [9.17, 15) is 13.2 Å². The number of fused-ring (bicyclic) bond motifs is 1. The van der Waals surface area contributed by atoms with Gasteiger partial charge in [0.25, 0.3) is 10.0 Å². The van der Waals surface area contributed by atoms with Crippen LogP contribution in [-0.4, -0.2) is 38.5 Å². The van der Waals surface area contributed by atoms with E-state index in [1.165, 1.54) is 11.0 Å². The number of hydrogen-bond acceptors (Lipinski definition) is 5. The van der Waals surface area contributed by atoms with E-state index >= 15 is 0 Å². The summed E-state index contributed by atoms with van der Waals surface area (Å²) in [6, 6.07) is 16.1. The number of thioether (sulfide) groups is 1. The van der Waals surface area contributed by atoms with Gasteiger partial charge in [-0.3, -0.25) is 4.79 Å². The zero-order chi connectivity index (χ0) is 19.3. The molecule has 0 saturated carbocycles. The van der Waals surface area contributed by atoms with E-state index in [4.69, 9.17) is 0 Å². The number of carbonyl (C=O) groups excluding carboxylic acids is 1. The van der Waals surface area contributed by atoms with E-state index in [1.807, 2.05) is 18.2 Å². The number of benzene rings is 2. The SMILES string of the molecule is C[C@@H](NC1=NS(=O)(=O)c2ccccc21)C(=O)NCCCSc1ccccc1. The van der Waals surface area contributed by atoms with Crippen molar-refractivity contribution in [2.45, 2.75) is 29.2 Å². The number of rotatable bonds is 7. The summed E-state index contributed by atoms with van der Waals surface area (Å²) in [4.78, 5) is 13.6. The zero-order valence-corrected chi connectivity index (χ0v) is 16.5. The molecule has 1 aliphatic heterocycles. The topological polar surface area (TPSA) is 87.6 Å². The van der Waals surface area contributed by atoms with E-state index in [0.717, 1.165) is 12.2 Å². The molecule has 0 unspecified atom stereocenters. The molecule has 1 aliphatic rings. The molecule has 0 spiro atoms. The molecule has 0 aromatic heterocycles. The first-order valence-corrected chi connectivity index (χ1v) is 11.1. The van der Waals surface area contributed by atoms with E-state index in [1.54, 1.807) is 36.9 Å². The summed E-state index contributed by atoms with van der Waals surface area (Å²) in [6.07, 6.45) is 0.843. The fourth-order valence-electron chi connectivity index (χ4n) is 2.62. The molecule has 0 bridgehead atoms. The van der Waals surface area contributed by atoms with Crippen molar-refractivity contribution < 1.29 is 13.2 Å². The van der Waals surface area contributed by atoms with Crippen molar-refractivity contribution in [1.29, 1.82) is 0 Å². The minimum Gasteiger partial charge on any atom is -0.357 e. The molecule has 27 heavy (non-hydrogen) atoms. The lowest BCUT2D eigenvalue weighted by Crippen LogP contribution is -2.45. The van der Waals surface area contributed by atoms with E-state index < -0.39 is 16.1 Å². The van der Waals surface area contributed by atoms with Gasteiger partial charge < -0.3 is 10.6 Å². The summed E-state index contributed by atoms with van der Waals surface area (Å²) in [6.45, 7) is 2.25. The number of sulfonamides is 1. The monoisotopic (exact) mass is 403 g/mol. The lowest BCUT2D eigenvalue weighted by atomic mass is 10.2. The van der Waals surface area contributed by atoms with Crippen LogP contribution in [0.25, 0.3) is 0 Å². The molecular formula is C19H21N3O3S2. The summed E-state index contributed by atoms with van der Waals surface area (Å²) in [7, 11) is -3.69. The van der Waals surface area contributed by atoms with Gasteiger partial charge in [0.2, 0.25) is 5.91 Å². The zero-order valence-electron chi connectivity index (χ0n) is 14.9. The van der Waals surface area contributed by atoms with Gasteiger partial charge in [0.15, 0.2) is 0 Å². The van der Waals surface area contributed by atoms with Crippen molar-refractivity contribution >= 4 is 33.5 Å². The highest BCUT2D eigenvalue weighted by molar-refractivity contribution is 7.99.